The largest absolute Gasteiger partial charge is 0.382 e. The Labute approximate surface area is 116 Å². The fourth-order valence-electron chi connectivity index (χ4n) is 1.81. The smallest absolute Gasteiger partial charge is 0.182 e. The minimum Gasteiger partial charge on any atom is -0.382 e. The fraction of sp³-hybridized carbons (Fsp3) is 0.250. The molecular formula is C12H15N3O2S2. The van der Waals surface area contributed by atoms with Gasteiger partial charge in [-0.3, -0.25) is 0 Å². The summed E-state index contributed by atoms with van der Waals surface area (Å²) >= 11 is 1.10. The standard InChI is InChI=1S/C12H15N3O2S2/c1-15(8-9-6-4-3-5-7-9)12-10(19(2,16)17)11(13)14-18-12/h3-7H,8H2,1-2H3,(H2,13,14). The third kappa shape index (κ3) is 3.05. The molecule has 102 valence electrons. The minimum absolute atomic E-state index is 0.0717. The molecule has 0 unspecified atom stereocenters. The number of anilines is 2. The van der Waals surface area contributed by atoms with Crippen molar-refractivity contribution in [2.24, 2.45) is 0 Å². The Bertz CT molecular complexity index is 666. The second kappa shape index (κ2) is 5.18. The molecule has 7 heteroatoms. The van der Waals surface area contributed by atoms with Crippen LogP contribution >= 0.6 is 11.5 Å². The molecular weight excluding hydrogens is 282 g/mol. The van der Waals surface area contributed by atoms with Crippen molar-refractivity contribution in [3.05, 3.63) is 35.9 Å². The first-order valence-corrected chi connectivity index (χ1v) is 8.26. The second-order valence-corrected chi connectivity index (χ2v) is 7.02. The molecule has 1 aromatic heterocycles. The first-order valence-electron chi connectivity index (χ1n) is 5.60. The summed E-state index contributed by atoms with van der Waals surface area (Å²) in [5.41, 5.74) is 6.75. The zero-order valence-corrected chi connectivity index (χ0v) is 12.3. The van der Waals surface area contributed by atoms with Crippen molar-refractivity contribution in [3.63, 3.8) is 0 Å². The van der Waals surface area contributed by atoms with Crippen LogP contribution in [0.5, 0.6) is 0 Å². The van der Waals surface area contributed by atoms with Crippen LogP contribution in [0.2, 0.25) is 0 Å². The van der Waals surface area contributed by atoms with Gasteiger partial charge in [0.2, 0.25) is 0 Å². The van der Waals surface area contributed by atoms with Gasteiger partial charge in [0, 0.05) is 19.8 Å². The Balaban J connectivity index is 2.33. The fourth-order valence-corrected chi connectivity index (χ4v) is 4.00. The Kier molecular flexibility index (Phi) is 3.77. The zero-order chi connectivity index (χ0) is 14.0. The molecule has 0 amide bonds. The number of hydrogen-bond donors (Lipinski definition) is 1. The van der Waals surface area contributed by atoms with E-state index in [1.54, 1.807) is 0 Å². The average molecular weight is 297 g/mol. The van der Waals surface area contributed by atoms with Gasteiger partial charge < -0.3 is 10.6 Å². The molecule has 0 aliphatic heterocycles. The van der Waals surface area contributed by atoms with Gasteiger partial charge in [0.25, 0.3) is 0 Å². The number of aromatic nitrogens is 1. The van der Waals surface area contributed by atoms with Gasteiger partial charge in [-0.05, 0) is 17.1 Å². The van der Waals surface area contributed by atoms with Crippen LogP contribution in [-0.2, 0) is 16.4 Å². The van der Waals surface area contributed by atoms with Crippen molar-refractivity contribution in [1.82, 2.24) is 4.37 Å². The van der Waals surface area contributed by atoms with Gasteiger partial charge in [-0.2, -0.15) is 4.37 Å². The third-order valence-electron chi connectivity index (χ3n) is 2.64. The predicted molar refractivity (Wildman–Crippen MR) is 78.2 cm³/mol. The van der Waals surface area contributed by atoms with Gasteiger partial charge in [-0.1, -0.05) is 30.3 Å². The highest BCUT2D eigenvalue weighted by Gasteiger charge is 2.23. The van der Waals surface area contributed by atoms with E-state index in [1.807, 2.05) is 42.3 Å². The van der Waals surface area contributed by atoms with E-state index in [9.17, 15) is 8.42 Å². The molecule has 0 atom stereocenters. The molecule has 1 heterocycles. The highest BCUT2D eigenvalue weighted by molar-refractivity contribution is 7.91. The lowest BCUT2D eigenvalue weighted by molar-refractivity contribution is 0.602. The monoisotopic (exact) mass is 297 g/mol. The van der Waals surface area contributed by atoms with Crippen LogP contribution < -0.4 is 10.6 Å². The van der Waals surface area contributed by atoms with E-state index in [0.29, 0.717) is 11.5 Å². The molecule has 0 fully saturated rings. The lowest BCUT2D eigenvalue weighted by Crippen LogP contribution is -2.17. The lowest BCUT2D eigenvalue weighted by Gasteiger charge is -2.18. The van der Waals surface area contributed by atoms with Crippen LogP contribution in [0.1, 0.15) is 5.56 Å². The summed E-state index contributed by atoms with van der Waals surface area (Å²) < 4.78 is 27.4. The molecule has 2 N–H and O–H groups in total. The maximum absolute atomic E-state index is 11.8. The van der Waals surface area contributed by atoms with Gasteiger partial charge in [0.05, 0.1) is 0 Å². The van der Waals surface area contributed by atoms with E-state index in [-0.39, 0.29) is 10.7 Å². The topological polar surface area (TPSA) is 76.3 Å². The Morgan fingerprint density at radius 2 is 1.95 bits per heavy atom. The van der Waals surface area contributed by atoms with E-state index in [0.717, 1.165) is 23.4 Å². The van der Waals surface area contributed by atoms with Crippen LogP contribution in [0.3, 0.4) is 0 Å². The molecule has 2 rings (SSSR count). The highest BCUT2D eigenvalue weighted by atomic mass is 32.2. The van der Waals surface area contributed by atoms with Crippen molar-refractivity contribution < 1.29 is 8.42 Å². The van der Waals surface area contributed by atoms with Crippen LogP contribution in [-0.4, -0.2) is 26.1 Å². The van der Waals surface area contributed by atoms with Crippen molar-refractivity contribution in [2.45, 2.75) is 11.4 Å². The molecule has 0 spiro atoms. The molecule has 1 aromatic carbocycles. The van der Waals surface area contributed by atoms with E-state index >= 15 is 0 Å². The number of nitrogens with two attached hydrogens (primary N) is 1. The predicted octanol–water partition coefficient (Wildman–Crippen LogP) is 1.77. The van der Waals surface area contributed by atoms with Crippen LogP contribution in [0, 0.1) is 0 Å². The minimum atomic E-state index is -3.38. The van der Waals surface area contributed by atoms with Gasteiger partial charge in [-0.15, -0.1) is 0 Å². The maximum atomic E-state index is 11.8. The number of benzene rings is 1. The van der Waals surface area contributed by atoms with Crippen LogP contribution in [0.25, 0.3) is 0 Å². The summed E-state index contributed by atoms with van der Waals surface area (Å²) in [6, 6.07) is 9.81. The summed E-state index contributed by atoms with van der Waals surface area (Å²) in [6.45, 7) is 0.602. The first kappa shape index (κ1) is 13.8. The molecule has 0 radical (unpaired) electrons. The van der Waals surface area contributed by atoms with E-state index in [1.165, 1.54) is 0 Å². The van der Waals surface area contributed by atoms with E-state index in [2.05, 4.69) is 4.37 Å². The maximum Gasteiger partial charge on any atom is 0.182 e. The summed E-state index contributed by atoms with van der Waals surface area (Å²) in [5.74, 6) is 0.0717. The molecule has 2 aromatic rings. The van der Waals surface area contributed by atoms with E-state index < -0.39 is 9.84 Å². The Morgan fingerprint density at radius 3 is 2.53 bits per heavy atom. The number of hydrogen-bond acceptors (Lipinski definition) is 6. The highest BCUT2D eigenvalue weighted by Crippen LogP contribution is 2.34. The summed E-state index contributed by atoms with van der Waals surface area (Å²) in [5, 5.41) is 0.573. The number of rotatable bonds is 4. The van der Waals surface area contributed by atoms with Gasteiger partial charge in [-0.25, -0.2) is 8.42 Å². The quantitative estimate of drug-likeness (QED) is 0.930. The number of nitrogen functional groups attached to an aromatic ring is 1. The molecule has 0 aliphatic carbocycles. The van der Waals surface area contributed by atoms with Gasteiger partial charge in [0.15, 0.2) is 15.7 Å². The van der Waals surface area contributed by atoms with Gasteiger partial charge >= 0.3 is 0 Å². The second-order valence-electron chi connectivity index (χ2n) is 4.32. The first-order chi connectivity index (χ1) is 8.89. The van der Waals surface area contributed by atoms with Crippen LogP contribution in [0.15, 0.2) is 35.2 Å². The zero-order valence-electron chi connectivity index (χ0n) is 10.7. The van der Waals surface area contributed by atoms with Gasteiger partial charge in [0.1, 0.15) is 9.90 Å². The summed E-state index contributed by atoms with van der Waals surface area (Å²) in [4.78, 5) is 1.97. The summed E-state index contributed by atoms with van der Waals surface area (Å²) in [6.07, 6.45) is 1.15. The van der Waals surface area contributed by atoms with E-state index in [4.69, 9.17) is 5.73 Å². The molecule has 0 bridgehead atoms. The average Bonchev–Trinajstić information content (AvgIpc) is 2.72. The van der Waals surface area contributed by atoms with Crippen molar-refractivity contribution in [1.29, 1.82) is 0 Å². The van der Waals surface area contributed by atoms with Crippen molar-refractivity contribution in [3.8, 4) is 0 Å². The molecule has 0 aliphatic rings. The Hall–Kier alpha value is -1.60. The number of nitrogens with zero attached hydrogens (tertiary/aromatic N) is 2. The van der Waals surface area contributed by atoms with Crippen molar-refractivity contribution >= 4 is 32.2 Å². The van der Waals surface area contributed by atoms with Crippen LogP contribution in [0.4, 0.5) is 10.8 Å². The SMILES string of the molecule is CN(Cc1ccccc1)c1snc(N)c1S(C)(=O)=O. The Morgan fingerprint density at radius 1 is 1.32 bits per heavy atom. The molecule has 0 saturated carbocycles. The lowest BCUT2D eigenvalue weighted by atomic mass is 10.2. The molecule has 19 heavy (non-hydrogen) atoms. The molecule has 0 saturated heterocycles. The third-order valence-corrected chi connectivity index (χ3v) is 4.89. The summed E-state index contributed by atoms with van der Waals surface area (Å²) in [7, 11) is -1.55. The van der Waals surface area contributed by atoms with Crippen molar-refractivity contribution in [2.75, 3.05) is 23.9 Å². The molecule has 5 nitrogen and oxygen atoms in total. The normalized spacial score (nSPS) is 11.5. The number of sulfone groups is 1.